The summed E-state index contributed by atoms with van der Waals surface area (Å²) in [5.41, 5.74) is 7.77. The van der Waals surface area contributed by atoms with Crippen molar-refractivity contribution in [1.82, 2.24) is 14.4 Å². The third-order valence-electron chi connectivity index (χ3n) is 4.74. The van der Waals surface area contributed by atoms with Crippen LogP contribution in [0.4, 0.5) is 11.5 Å². The van der Waals surface area contributed by atoms with Gasteiger partial charge < -0.3 is 5.32 Å². The molecule has 1 N–H and O–H groups in total. The predicted octanol–water partition coefficient (Wildman–Crippen LogP) is 5.32. The van der Waals surface area contributed by atoms with Crippen LogP contribution in [0.5, 0.6) is 0 Å². The summed E-state index contributed by atoms with van der Waals surface area (Å²) in [6, 6.07) is 14.9. The third kappa shape index (κ3) is 2.84. The molecule has 0 atom stereocenters. The van der Waals surface area contributed by atoms with Gasteiger partial charge in [-0.3, -0.25) is 9.38 Å². The van der Waals surface area contributed by atoms with Crippen LogP contribution in [0, 0.1) is 13.8 Å². The summed E-state index contributed by atoms with van der Waals surface area (Å²) in [4.78, 5) is 9.05. The fourth-order valence-corrected chi connectivity index (χ4v) is 3.26. The Balaban J connectivity index is 1.91. The van der Waals surface area contributed by atoms with Crippen molar-refractivity contribution < 1.29 is 0 Å². The summed E-state index contributed by atoms with van der Waals surface area (Å²) in [5, 5.41) is 3.67. The second-order valence-electron chi connectivity index (χ2n) is 6.57. The number of benzene rings is 2. The molecule has 130 valence electrons. The minimum absolute atomic E-state index is 0.831. The van der Waals surface area contributed by atoms with Crippen LogP contribution in [0.1, 0.15) is 23.6 Å². The first-order valence-corrected chi connectivity index (χ1v) is 8.92. The molecule has 2 aromatic heterocycles. The van der Waals surface area contributed by atoms with Gasteiger partial charge >= 0.3 is 0 Å². The topological polar surface area (TPSA) is 42.2 Å². The lowest BCUT2D eigenvalue weighted by atomic mass is 10.1. The normalized spacial score (nSPS) is 11.0. The van der Waals surface area contributed by atoms with Crippen LogP contribution < -0.4 is 5.32 Å². The van der Waals surface area contributed by atoms with Gasteiger partial charge in [-0.25, -0.2) is 4.98 Å². The van der Waals surface area contributed by atoms with Crippen molar-refractivity contribution in [3.63, 3.8) is 0 Å². The van der Waals surface area contributed by atoms with E-state index < -0.39 is 0 Å². The molecule has 0 bridgehead atoms. The highest BCUT2D eigenvalue weighted by Gasteiger charge is 2.16. The Morgan fingerprint density at radius 3 is 2.62 bits per heavy atom. The van der Waals surface area contributed by atoms with E-state index in [2.05, 4.69) is 77.9 Å². The van der Waals surface area contributed by atoms with Gasteiger partial charge in [-0.2, -0.15) is 0 Å². The van der Waals surface area contributed by atoms with Gasteiger partial charge in [0.25, 0.3) is 0 Å². The molecule has 26 heavy (non-hydrogen) atoms. The van der Waals surface area contributed by atoms with Gasteiger partial charge in [-0.05, 0) is 31.4 Å². The van der Waals surface area contributed by atoms with Crippen LogP contribution in [-0.4, -0.2) is 14.4 Å². The van der Waals surface area contributed by atoms with Gasteiger partial charge in [0.1, 0.15) is 11.5 Å². The lowest BCUT2D eigenvalue weighted by Gasteiger charge is -2.15. The number of aromatic nitrogens is 3. The minimum Gasteiger partial charge on any atom is -0.339 e. The van der Waals surface area contributed by atoms with E-state index in [0.717, 1.165) is 34.8 Å². The molecule has 0 aliphatic rings. The molecule has 0 spiro atoms. The second kappa shape index (κ2) is 6.64. The van der Waals surface area contributed by atoms with E-state index >= 15 is 0 Å². The first kappa shape index (κ1) is 16.3. The number of fused-ring (bicyclic) bond motifs is 1. The first-order chi connectivity index (χ1) is 12.7. The standard InChI is InChI=1S/C22H22N4/c1-4-17-7-5-6-16(3)20(17)25-22-21(18-10-8-15(2)9-11-18)24-19-14-23-12-13-26(19)22/h5-14,25H,4H2,1-3H3. The summed E-state index contributed by atoms with van der Waals surface area (Å²) in [6.07, 6.45) is 6.51. The van der Waals surface area contributed by atoms with Crippen molar-refractivity contribution in [2.75, 3.05) is 5.32 Å². The van der Waals surface area contributed by atoms with Crippen LogP contribution in [0.15, 0.2) is 61.1 Å². The molecule has 0 amide bonds. The number of hydrogen-bond acceptors (Lipinski definition) is 3. The fourth-order valence-electron chi connectivity index (χ4n) is 3.26. The van der Waals surface area contributed by atoms with E-state index in [1.165, 1.54) is 16.7 Å². The quantitative estimate of drug-likeness (QED) is 0.546. The van der Waals surface area contributed by atoms with Crippen LogP contribution in [0.25, 0.3) is 16.9 Å². The number of hydrogen-bond donors (Lipinski definition) is 1. The zero-order chi connectivity index (χ0) is 18.1. The Morgan fingerprint density at radius 1 is 1.04 bits per heavy atom. The van der Waals surface area contributed by atoms with Crippen molar-refractivity contribution in [3.8, 4) is 11.3 Å². The van der Waals surface area contributed by atoms with Crippen molar-refractivity contribution in [1.29, 1.82) is 0 Å². The molecule has 2 heterocycles. The predicted molar refractivity (Wildman–Crippen MR) is 107 cm³/mol. The second-order valence-corrected chi connectivity index (χ2v) is 6.57. The average Bonchev–Trinajstić information content (AvgIpc) is 3.02. The van der Waals surface area contributed by atoms with Crippen molar-refractivity contribution in [2.45, 2.75) is 27.2 Å². The van der Waals surface area contributed by atoms with Gasteiger partial charge in [0, 0.05) is 23.6 Å². The largest absolute Gasteiger partial charge is 0.339 e. The highest BCUT2D eigenvalue weighted by molar-refractivity contribution is 5.81. The monoisotopic (exact) mass is 342 g/mol. The lowest BCUT2D eigenvalue weighted by molar-refractivity contribution is 1.11. The zero-order valence-corrected chi connectivity index (χ0v) is 15.3. The van der Waals surface area contributed by atoms with E-state index in [9.17, 15) is 0 Å². The number of nitrogens with zero attached hydrogens (tertiary/aromatic N) is 3. The van der Waals surface area contributed by atoms with E-state index in [4.69, 9.17) is 4.98 Å². The Bertz CT molecular complexity index is 1060. The van der Waals surface area contributed by atoms with Crippen LogP contribution in [0.2, 0.25) is 0 Å². The molecule has 4 aromatic rings. The average molecular weight is 342 g/mol. The minimum atomic E-state index is 0.831. The Morgan fingerprint density at radius 2 is 1.85 bits per heavy atom. The molecule has 0 aliphatic heterocycles. The summed E-state index contributed by atoms with van der Waals surface area (Å²) in [5.74, 6) is 0.968. The maximum Gasteiger partial charge on any atom is 0.157 e. The third-order valence-corrected chi connectivity index (χ3v) is 4.74. The molecule has 4 heteroatoms. The Labute approximate surface area is 153 Å². The van der Waals surface area contributed by atoms with Crippen LogP contribution in [0.3, 0.4) is 0 Å². The van der Waals surface area contributed by atoms with Gasteiger partial charge in [0.2, 0.25) is 0 Å². The molecule has 0 fully saturated rings. The number of rotatable bonds is 4. The first-order valence-electron chi connectivity index (χ1n) is 8.92. The van der Waals surface area contributed by atoms with Crippen molar-refractivity contribution in [3.05, 3.63) is 77.7 Å². The fraction of sp³-hybridized carbons (Fsp3) is 0.182. The van der Waals surface area contributed by atoms with E-state index in [-0.39, 0.29) is 0 Å². The molecule has 4 rings (SSSR count). The number of imidazole rings is 1. The SMILES string of the molecule is CCc1cccc(C)c1Nc1c(-c2ccc(C)cc2)nc2cnccn12. The number of nitrogens with one attached hydrogen (secondary N) is 1. The highest BCUT2D eigenvalue weighted by Crippen LogP contribution is 2.33. The Hall–Kier alpha value is -3.14. The van der Waals surface area contributed by atoms with Crippen molar-refractivity contribution >= 4 is 17.2 Å². The molecule has 0 unspecified atom stereocenters. The van der Waals surface area contributed by atoms with E-state index in [1.807, 2.05) is 6.20 Å². The maximum atomic E-state index is 4.83. The highest BCUT2D eigenvalue weighted by atomic mass is 15.1. The summed E-state index contributed by atoms with van der Waals surface area (Å²) < 4.78 is 2.06. The van der Waals surface area contributed by atoms with Crippen molar-refractivity contribution in [2.24, 2.45) is 0 Å². The lowest BCUT2D eigenvalue weighted by Crippen LogP contribution is -2.02. The van der Waals surface area contributed by atoms with Gasteiger partial charge in [0.05, 0.1) is 6.20 Å². The molecule has 4 nitrogen and oxygen atoms in total. The number of para-hydroxylation sites is 1. The van der Waals surface area contributed by atoms with E-state index in [0.29, 0.717) is 0 Å². The van der Waals surface area contributed by atoms with Crippen LogP contribution in [-0.2, 0) is 6.42 Å². The van der Waals surface area contributed by atoms with Gasteiger partial charge in [-0.1, -0.05) is 55.0 Å². The zero-order valence-electron chi connectivity index (χ0n) is 15.3. The smallest absolute Gasteiger partial charge is 0.157 e. The molecule has 2 aromatic carbocycles. The number of aryl methyl sites for hydroxylation is 3. The van der Waals surface area contributed by atoms with Gasteiger partial charge in [-0.15, -0.1) is 0 Å². The maximum absolute atomic E-state index is 4.83. The molecular weight excluding hydrogens is 320 g/mol. The molecule has 0 saturated heterocycles. The number of anilines is 2. The molecular formula is C22H22N4. The van der Waals surface area contributed by atoms with E-state index in [1.54, 1.807) is 12.4 Å². The summed E-state index contributed by atoms with van der Waals surface area (Å²) >= 11 is 0. The molecule has 0 radical (unpaired) electrons. The van der Waals surface area contributed by atoms with Gasteiger partial charge in [0.15, 0.2) is 5.65 Å². The summed E-state index contributed by atoms with van der Waals surface area (Å²) in [6.45, 7) is 6.41. The van der Waals surface area contributed by atoms with Crippen LogP contribution >= 0.6 is 0 Å². The summed E-state index contributed by atoms with van der Waals surface area (Å²) in [7, 11) is 0. The Kier molecular flexibility index (Phi) is 4.17. The molecule has 0 saturated carbocycles. The molecule has 0 aliphatic carbocycles.